The predicted molar refractivity (Wildman–Crippen MR) is 137 cm³/mol. The highest BCUT2D eigenvalue weighted by Crippen LogP contribution is 2.35. The second kappa shape index (κ2) is 9.75. The van der Waals surface area contributed by atoms with Crippen LogP contribution in [0.5, 0.6) is 0 Å². The van der Waals surface area contributed by atoms with Crippen LogP contribution in [0, 0.1) is 0 Å². The Morgan fingerprint density at radius 3 is 2.10 bits per heavy atom. The van der Waals surface area contributed by atoms with Gasteiger partial charge in [-0.05, 0) is 77.3 Å². The van der Waals surface area contributed by atoms with Gasteiger partial charge < -0.3 is 13.9 Å². The number of rotatable bonds is 3. The van der Waals surface area contributed by atoms with Gasteiger partial charge in [-0.15, -0.1) is 0 Å². The lowest BCUT2D eigenvalue weighted by Crippen LogP contribution is -2.44. The van der Waals surface area contributed by atoms with Crippen LogP contribution < -0.4 is 4.90 Å². The molecule has 2 amide bonds. The van der Waals surface area contributed by atoms with E-state index in [0.29, 0.717) is 10.3 Å². The van der Waals surface area contributed by atoms with Gasteiger partial charge in [0.1, 0.15) is 16.9 Å². The van der Waals surface area contributed by atoms with E-state index in [2.05, 4.69) is 10.1 Å². The standard InChI is InChI=1S/C27H27F3N4O5/c1-25(2,3)38-23(35)33(24(36)39-26(4,5)6)22-18-14-17(10-9-16(18)11-12-31-22)34-19(20-8-7-13-37-20)15-21(32-34)27(28,29)30/h7-15H,1-6H3. The van der Waals surface area contributed by atoms with Crippen molar-refractivity contribution in [1.82, 2.24) is 14.8 Å². The Kier molecular flexibility index (Phi) is 6.92. The van der Waals surface area contributed by atoms with Gasteiger partial charge in [-0.1, -0.05) is 6.07 Å². The zero-order valence-electron chi connectivity index (χ0n) is 22.2. The Balaban J connectivity index is 1.91. The maximum atomic E-state index is 13.6. The summed E-state index contributed by atoms with van der Waals surface area (Å²) in [6.07, 6.45) is -4.04. The van der Waals surface area contributed by atoms with Crippen molar-refractivity contribution in [1.29, 1.82) is 0 Å². The van der Waals surface area contributed by atoms with Crippen LogP contribution in [0.1, 0.15) is 47.2 Å². The van der Waals surface area contributed by atoms with Gasteiger partial charge in [-0.3, -0.25) is 0 Å². The van der Waals surface area contributed by atoms with Crippen molar-refractivity contribution in [2.45, 2.75) is 58.9 Å². The quantitative estimate of drug-likeness (QED) is 0.265. The van der Waals surface area contributed by atoms with E-state index in [1.807, 2.05) is 0 Å². The Labute approximate surface area is 222 Å². The molecule has 0 radical (unpaired) electrons. The lowest BCUT2D eigenvalue weighted by Gasteiger charge is -2.28. The van der Waals surface area contributed by atoms with Crippen molar-refractivity contribution in [3.63, 3.8) is 0 Å². The number of benzene rings is 1. The number of hydrogen-bond acceptors (Lipinski definition) is 7. The number of hydrogen-bond donors (Lipinski definition) is 0. The first-order chi connectivity index (χ1) is 18.0. The lowest BCUT2D eigenvalue weighted by atomic mass is 10.1. The summed E-state index contributed by atoms with van der Waals surface area (Å²) in [7, 11) is 0. The first-order valence-corrected chi connectivity index (χ1v) is 11.9. The Morgan fingerprint density at radius 1 is 0.923 bits per heavy atom. The highest BCUT2D eigenvalue weighted by Gasteiger charge is 2.37. The Bertz CT molecular complexity index is 1490. The van der Waals surface area contributed by atoms with Crippen LogP contribution in [0.4, 0.5) is 28.6 Å². The number of anilines is 1. The monoisotopic (exact) mass is 544 g/mol. The zero-order valence-corrected chi connectivity index (χ0v) is 22.2. The van der Waals surface area contributed by atoms with Crippen LogP contribution in [0.3, 0.4) is 0 Å². The third-order valence-electron chi connectivity index (χ3n) is 5.11. The summed E-state index contributed by atoms with van der Waals surface area (Å²) in [5.74, 6) is 0.0363. The van der Waals surface area contributed by atoms with Crippen molar-refractivity contribution in [2.75, 3.05) is 4.90 Å². The largest absolute Gasteiger partial charge is 0.463 e. The first-order valence-electron chi connectivity index (χ1n) is 11.9. The summed E-state index contributed by atoms with van der Waals surface area (Å²) >= 11 is 0. The molecular weight excluding hydrogens is 517 g/mol. The third kappa shape index (κ3) is 6.21. The molecule has 0 unspecified atom stereocenters. The number of ether oxygens (including phenoxy) is 2. The van der Waals surface area contributed by atoms with Crippen LogP contribution >= 0.6 is 0 Å². The average molecular weight is 545 g/mol. The SMILES string of the molecule is CC(C)(C)OC(=O)N(C(=O)OC(C)(C)C)c1nccc2ccc(-n3nc(C(F)(F)F)cc3-c3ccco3)cc12. The van der Waals surface area contributed by atoms with Crippen LogP contribution in [0.15, 0.2) is 59.3 Å². The molecule has 0 N–H and O–H groups in total. The van der Waals surface area contributed by atoms with Crippen molar-refractivity contribution in [3.8, 4) is 17.1 Å². The number of amides is 2. The number of alkyl halides is 3. The molecule has 0 spiro atoms. The minimum atomic E-state index is -4.71. The molecule has 4 rings (SSSR count). The van der Waals surface area contributed by atoms with Crippen molar-refractivity contribution in [3.05, 3.63) is 60.6 Å². The molecular formula is C27H27F3N4O5. The highest BCUT2D eigenvalue weighted by molar-refractivity contribution is 6.14. The van der Waals surface area contributed by atoms with E-state index >= 15 is 0 Å². The summed E-state index contributed by atoms with van der Waals surface area (Å²) in [6.45, 7) is 9.83. The van der Waals surface area contributed by atoms with Gasteiger partial charge in [0.15, 0.2) is 17.3 Å². The highest BCUT2D eigenvalue weighted by atomic mass is 19.4. The van der Waals surface area contributed by atoms with Crippen molar-refractivity contribution in [2.24, 2.45) is 0 Å². The van der Waals surface area contributed by atoms with Gasteiger partial charge in [-0.25, -0.2) is 19.3 Å². The summed E-state index contributed by atoms with van der Waals surface area (Å²) < 4.78 is 58.1. The number of furan rings is 1. The van der Waals surface area contributed by atoms with E-state index in [9.17, 15) is 22.8 Å². The van der Waals surface area contributed by atoms with E-state index < -0.39 is 35.3 Å². The number of fused-ring (bicyclic) bond motifs is 1. The second-order valence-corrected chi connectivity index (χ2v) is 10.6. The van der Waals surface area contributed by atoms with E-state index in [4.69, 9.17) is 13.9 Å². The van der Waals surface area contributed by atoms with Gasteiger partial charge in [-0.2, -0.15) is 23.2 Å². The number of aromatic nitrogens is 3. The second-order valence-electron chi connectivity index (χ2n) is 10.6. The molecule has 1 aromatic carbocycles. The predicted octanol–water partition coefficient (Wildman–Crippen LogP) is 7.38. The molecule has 9 nitrogen and oxygen atoms in total. The minimum absolute atomic E-state index is 0.0493. The zero-order chi connectivity index (χ0) is 28.8. The maximum absolute atomic E-state index is 13.6. The number of halogens is 3. The molecule has 3 aromatic heterocycles. The molecule has 0 aliphatic heterocycles. The molecule has 12 heteroatoms. The number of carbonyl (C=O) groups excluding carboxylic acids is 2. The maximum Gasteiger partial charge on any atom is 0.435 e. The lowest BCUT2D eigenvalue weighted by molar-refractivity contribution is -0.141. The number of pyridine rings is 1. The first kappa shape index (κ1) is 27.7. The molecule has 0 fully saturated rings. The minimum Gasteiger partial charge on any atom is -0.463 e. The van der Waals surface area contributed by atoms with Gasteiger partial charge >= 0.3 is 18.4 Å². The van der Waals surface area contributed by atoms with E-state index in [-0.39, 0.29) is 28.3 Å². The van der Waals surface area contributed by atoms with Gasteiger partial charge in [0, 0.05) is 17.6 Å². The molecule has 3 heterocycles. The summed E-state index contributed by atoms with van der Waals surface area (Å²) in [4.78, 5) is 31.4. The number of carbonyl (C=O) groups is 2. The fourth-order valence-electron chi connectivity index (χ4n) is 3.63. The molecule has 0 aliphatic rings. The molecule has 39 heavy (non-hydrogen) atoms. The Hall–Kier alpha value is -4.35. The van der Waals surface area contributed by atoms with E-state index in [0.717, 1.165) is 10.7 Å². The normalized spacial score (nSPS) is 12.4. The molecule has 0 saturated heterocycles. The van der Waals surface area contributed by atoms with Crippen LogP contribution in [0.2, 0.25) is 0 Å². The molecule has 206 valence electrons. The van der Waals surface area contributed by atoms with Crippen molar-refractivity contribution >= 4 is 28.8 Å². The topological polar surface area (TPSA) is 99.7 Å². The van der Waals surface area contributed by atoms with E-state index in [1.54, 1.807) is 65.8 Å². The molecule has 0 bridgehead atoms. The fourth-order valence-corrected chi connectivity index (χ4v) is 3.63. The van der Waals surface area contributed by atoms with E-state index in [1.165, 1.54) is 24.6 Å². The van der Waals surface area contributed by atoms with Crippen molar-refractivity contribution < 1.29 is 36.7 Å². The van der Waals surface area contributed by atoms with Crippen LogP contribution in [-0.4, -0.2) is 38.2 Å². The molecule has 0 saturated carbocycles. The Morgan fingerprint density at radius 2 is 1.56 bits per heavy atom. The number of imide groups is 1. The van der Waals surface area contributed by atoms with Crippen LogP contribution in [0.25, 0.3) is 27.9 Å². The third-order valence-corrected chi connectivity index (χ3v) is 5.11. The van der Waals surface area contributed by atoms with Gasteiger partial charge in [0.2, 0.25) is 0 Å². The summed E-state index contributed by atoms with van der Waals surface area (Å²) in [6, 6.07) is 10.2. The number of nitrogens with zero attached hydrogens (tertiary/aromatic N) is 4. The van der Waals surface area contributed by atoms with Gasteiger partial charge in [0.05, 0.1) is 12.0 Å². The van der Waals surface area contributed by atoms with Gasteiger partial charge in [0.25, 0.3) is 0 Å². The average Bonchev–Trinajstić information content (AvgIpc) is 3.46. The molecule has 0 aliphatic carbocycles. The smallest absolute Gasteiger partial charge is 0.435 e. The molecule has 0 atom stereocenters. The molecule has 4 aromatic rings. The summed E-state index contributed by atoms with van der Waals surface area (Å²) in [5.41, 5.74) is -2.77. The summed E-state index contributed by atoms with van der Waals surface area (Å²) in [5, 5.41) is 4.58. The van der Waals surface area contributed by atoms with Crippen LogP contribution in [-0.2, 0) is 15.7 Å². The fraction of sp³-hybridized carbons (Fsp3) is 0.333.